The summed E-state index contributed by atoms with van der Waals surface area (Å²) in [6.45, 7) is 1.99. The Labute approximate surface area is 79.6 Å². The van der Waals surface area contributed by atoms with Gasteiger partial charge in [-0.3, -0.25) is 4.79 Å². The molecule has 1 nitrogen and oxygen atoms in total. The molecule has 64 valence electrons. The van der Waals surface area contributed by atoms with Crippen molar-refractivity contribution < 1.29 is 4.79 Å². The molecule has 2 heteroatoms. The highest BCUT2D eigenvalue weighted by molar-refractivity contribution is 6.32. The van der Waals surface area contributed by atoms with Crippen LogP contribution in [0.4, 0.5) is 0 Å². The molecule has 2 radical (unpaired) electrons. The predicted molar refractivity (Wildman–Crippen MR) is 53.6 cm³/mol. The molecule has 0 saturated heterocycles. The highest BCUT2D eigenvalue weighted by atomic mass is 16.1. The van der Waals surface area contributed by atoms with E-state index < -0.39 is 0 Å². The minimum absolute atomic E-state index is 0.177. The van der Waals surface area contributed by atoms with Crippen LogP contribution in [0.1, 0.15) is 29.3 Å². The van der Waals surface area contributed by atoms with Crippen molar-refractivity contribution in [2.45, 2.75) is 19.8 Å². The molecule has 1 unspecified atom stereocenters. The van der Waals surface area contributed by atoms with Gasteiger partial charge in [-0.05, 0) is 18.4 Å². The zero-order valence-corrected chi connectivity index (χ0v) is 7.71. The summed E-state index contributed by atoms with van der Waals surface area (Å²) in [5.41, 5.74) is 2.73. The average molecular weight is 170 g/mol. The van der Waals surface area contributed by atoms with Gasteiger partial charge in [-0.2, -0.15) is 0 Å². The van der Waals surface area contributed by atoms with Gasteiger partial charge in [0.15, 0.2) is 5.78 Å². The Hall–Kier alpha value is -1.05. The number of aryl methyl sites for hydroxylation is 1. The normalized spacial score (nSPS) is 21.3. The summed E-state index contributed by atoms with van der Waals surface area (Å²) in [4.78, 5) is 11.7. The van der Waals surface area contributed by atoms with Gasteiger partial charge in [0.2, 0.25) is 0 Å². The SMILES string of the molecule is [B]c1ccc2c(c1)CCC(C)C2=O. The number of benzene rings is 1. The van der Waals surface area contributed by atoms with Crippen LogP contribution in [0, 0.1) is 5.92 Å². The van der Waals surface area contributed by atoms with Crippen molar-refractivity contribution in [2.24, 2.45) is 5.92 Å². The largest absolute Gasteiger partial charge is 0.294 e. The van der Waals surface area contributed by atoms with E-state index in [2.05, 4.69) is 0 Å². The summed E-state index contributed by atoms with van der Waals surface area (Å²) in [5.74, 6) is 0.442. The topological polar surface area (TPSA) is 17.1 Å². The average Bonchev–Trinajstić information content (AvgIpc) is 2.12. The first-order chi connectivity index (χ1) is 6.18. The Morgan fingerprint density at radius 2 is 2.23 bits per heavy atom. The highest BCUT2D eigenvalue weighted by Crippen LogP contribution is 2.23. The molecule has 1 aromatic carbocycles. The molecule has 0 heterocycles. The lowest BCUT2D eigenvalue weighted by Gasteiger charge is -2.20. The Balaban J connectivity index is 2.50. The number of Topliss-reactive ketones (excluding diaryl/α,β-unsaturated/α-hetero) is 1. The van der Waals surface area contributed by atoms with Gasteiger partial charge in [0.25, 0.3) is 0 Å². The third-order valence-corrected chi connectivity index (χ3v) is 2.69. The Morgan fingerprint density at radius 1 is 1.46 bits per heavy atom. The molecule has 1 aromatic rings. The zero-order chi connectivity index (χ0) is 9.42. The van der Waals surface area contributed by atoms with Crippen LogP contribution < -0.4 is 5.46 Å². The second-order valence-corrected chi connectivity index (χ2v) is 3.72. The van der Waals surface area contributed by atoms with Gasteiger partial charge in [0, 0.05) is 11.5 Å². The minimum atomic E-state index is 0.177. The molecule has 0 N–H and O–H groups in total. The molecule has 0 spiro atoms. The summed E-state index contributed by atoms with van der Waals surface area (Å²) in [7, 11) is 5.65. The molecule has 0 fully saturated rings. The number of carbonyl (C=O) groups is 1. The first-order valence-electron chi connectivity index (χ1n) is 4.61. The summed E-state index contributed by atoms with van der Waals surface area (Å²) < 4.78 is 0. The van der Waals surface area contributed by atoms with Crippen LogP contribution in [0.5, 0.6) is 0 Å². The Kier molecular flexibility index (Phi) is 1.99. The van der Waals surface area contributed by atoms with E-state index in [0.29, 0.717) is 0 Å². The first kappa shape index (κ1) is 8.55. The Bertz CT molecular complexity index is 357. The molecule has 0 aliphatic heterocycles. The lowest BCUT2D eigenvalue weighted by Crippen LogP contribution is -2.21. The van der Waals surface area contributed by atoms with Crippen molar-refractivity contribution in [3.05, 3.63) is 29.3 Å². The Morgan fingerprint density at radius 3 is 3.00 bits per heavy atom. The number of hydrogen-bond acceptors (Lipinski definition) is 1. The van der Waals surface area contributed by atoms with E-state index in [1.807, 2.05) is 19.1 Å². The fourth-order valence-electron chi connectivity index (χ4n) is 1.83. The van der Waals surface area contributed by atoms with Gasteiger partial charge >= 0.3 is 0 Å². The fraction of sp³-hybridized carbons (Fsp3) is 0.364. The number of hydrogen-bond donors (Lipinski definition) is 0. The monoisotopic (exact) mass is 170 g/mol. The summed E-state index contributed by atoms with van der Waals surface area (Å²) >= 11 is 0. The van der Waals surface area contributed by atoms with Gasteiger partial charge in [-0.15, -0.1) is 0 Å². The van der Waals surface area contributed by atoms with Crippen LogP contribution in [0.15, 0.2) is 18.2 Å². The van der Waals surface area contributed by atoms with Gasteiger partial charge in [-0.1, -0.05) is 30.6 Å². The molecular weight excluding hydrogens is 159 g/mol. The predicted octanol–water partition coefficient (Wildman–Crippen LogP) is 1.25. The summed E-state index contributed by atoms with van der Waals surface area (Å²) in [6.07, 6.45) is 1.93. The van der Waals surface area contributed by atoms with Crippen LogP contribution in [-0.4, -0.2) is 13.6 Å². The number of fused-ring (bicyclic) bond motifs is 1. The van der Waals surface area contributed by atoms with E-state index in [1.165, 1.54) is 0 Å². The van der Waals surface area contributed by atoms with E-state index in [0.717, 1.165) is 29.4 Å². The molecule has 1 aliphatic rings. The van der Waals surface area contributed by atoms with Crippen LogP contribution in [-0.2, 0) is 6.42 Å². The zero-order valence-electron chi connectivity index (χ0n) is 7.71. The molecule has 0 amide bonds. The van der Waals surface area contributed by atoms with Gasteiger partial charge < -0.3 is 0 Å². The van der Waals surface area contributed by atoms with Crippen molar-refractivity contribution in [1.29, 1.82) is 0 Å². The maximum Gasteiger partial charge on any atom is 0.165 e. The van der Waals surface area contributed by atoms with Crippen LogP contribution >= 0.6 is 0 Å². The maximum absolute atomic E-state index is 11.7. The molecule has 0 saturated carbocycles. The molecule has 0 aromatic heterocycles. The van der Waals surface area contributed by atoms with Crippen LogP contribution in [0.25, 0.3) is 0 Å². The maximum atomic E-state index is 11.7. The molecule has 1 aliphatic carbocycles. The van der Waals surface area contributed by atoms with Crippen molar-refractivity contribution in [3.63, 3.8) is 0 Å². The van der Waals surface area contributed by atoms with Crippen molar-refractivity contribution >= 4 is 19.1 Å². The summed E-state index contributed by atoms with van der Waals surface area (Å²) in [6, 6.07) is 5.57. The lowest BCUT2D eigenvalue weighted by atomic mass is 9.81. The molecule has 13 heavy (non-hydrogen) atoms. The van der Waals surface area contributed by atoms with E-state index in [-0.39, 0.29) is 11.7 Å². The quantitative estimate of drug-likeness (QED) is 0.535. The second-order valence-electron chi connectivity index (χ2n) is 3.72. The fourth-order valence-corrected chi connectivity index (χ4v) is 1.83. The third kappa shape index (κ3) is 1.41. The third-order valence-electron chi connectivity index (χ3n) is 2.69. The minimum Gasteiger partial charge on any atom is -0.294 e. The smallest absolute Gasteiger partial charge is 0.165 e. The van der Waals surface area contributed by atoms with Crippen molar-refractivity contribution in [3.8, 4) is 0 Å². The molecule has 2 rings (SSSR count). The molecule has 0 bridgehead atoms. The van der Waals surface area contributed by atoms with Gasteiger partial charge in [-0.25, -0.2) is 0 Å². The highest BCUT2D eigenvalue weighted by Gasteiger charge is 2.23. The number of carbonyl (C=O) groups excluding carboxylic acids is 1. The van der Waals surface area contributed by atoms with Crippen molar-refractivity contribution in [2.75, 3.05) is 0 Å². The standard InChI is InChI=1S/C11H11BO/c1-7-2-3-8-6-9(12)4-5-10(8)11(7)13/h4-7H,2-3H2,1H3. The molecule has 1 atom stereocenters. The second kappa shape index (κ2) is 3.02. The van der Waals surface area contributed by atoms with Crippen molar-refractivity contribution in [1.82, 2.24) is 0 Å². The lowest BCUT2D eigenvalue weighted by molar-refractivity contribution is 0.0914. The van der Waals surface area contributed by atoms with E-state index >= 15 is 0 Å². The van der Waals surface area contributed by atoms with Gasteiger partial charge in [0.05, 0.1) is 0 Å². The molecular formula is C11H11BO. The van der Waals surface area contributed by atoms with Crippen LogP contribution in [0.2, 0.25) is 0 Å². The number of ketones is 1. The van der Waals surface area contributed by atoms with E-state index in [9.17, 15) is 4.79 Å². The summed E-state index contributed by atoms with van der Waals surface area (Å²) in [5, 5.41) is 0. The van der Waals surface area contributed by atoms with Gasteiger partial charge in [0.1, 0.15) is 7.85 Å². The van der Waals surface area contributed by atoms with E-state index in [4.69, 9.17) is 7.85 Å². The van der Waals surface area contributed by atoms with E-state index in [1.54, 1.807) is 6.07 Å². The first-order valence-corrected chi connectivity index (χ1v) is 4.61. The van der Waals surface area contributed by atoms with Crippen LogP contribution in [0.3, 0.4) is 0 Å². The number of rotatable bonds is 0.